The molecular weight excluding hydrogens is 194 g/mol. The van der Waals surface area contributed by atoms with Gasteiger partial charge in [0.15, 0.2) is 0 Å². The molecule has 0 saturated carbocycles. The van der Waals surface area contributed by atoms with Crippen LogP contribution in [0.15, 0.2) is 0 Å². The van der Waals surface area contributed by atoms with Gasteiger partial charge in [0, 0.05) is 13.1 Å². The zero-order valence-electron chi connectivity index (χ0n) is 9.28. The summed E-state index contributed by atoms with van der Waals surface area (Å²) in [5, 5.41) is 9.38. The molecule has 0 bridgehead atoms. The summed E-state index contributed by atoms with van der Waals surface area (Å²) in [5.74, 6) is 5.04. The fraction of sp³-hybridized carbons (Fsp3) is 0.900. The van der Waals surface area contributed by atoms with E-state index in [2.05, 4.69) is 17.2 Å². The number of aliphatic hydroxyl groups excluding tert-OH is 1. The van der Waals surface area contributed by atoms with Crippen molar-refractivity contribution >= 4 is 5.91 Å². The smallest absolute Gasteiger partial charge is 0.251 e. The maximum Gasteiger partial charge on any atom is 0.251 e. The van der Waals surface area contributed by atoms with Crippen molar-refractivity contribution in [3.05, 3.63) is 0 Å². The van der Waals surface area contributed by atoms with Gasteiger partial charge in [-0.15, -0.1) is 0 Å². The predicted octanol–water partition coefficient (Wildman–Crippen LogP) is -0.398. The van der Waals surface area contributed by atoms with E-state index in [-0.39, 0.29) is 18.1 Å². The van der Waals surface area contributed by atoms with E-state index in [0.29, 0.717) is 0 Å². The van der Waals surface area contributed by atoms with Gasteiger partial charge in [-0.25, -0.2) is 5.84 Å². The molecule has 5 heteroatoms. The molecule has 0 spiro atoms. The summed E-state index contributed by atoms with van der Waals surface area (Å²) in [6.07, 6.45) is 3.07. The number of likely N-dealkylation sites (tertiary alicyclic amines) is 1. The Labute approximate surface area is 90.6 Å². The zero-order valence-corrected chi connectivity index (χ0v) is 9.28. The van der Waals surface area contributed by atoms with Crippen LogP contribution in [-0.2, 0) is 4.79 Å². The number of carbonyl (C=O) groups excluding carboxylic acids is 1. The molecule has 1 saturated heterocycles. The van der Waals surface area contributed by atoms with Gasteiger partial charge in [0.2, 0.25) is 0 Å². The molecule has 0 aliphatic carbocycles. The van der Waals surface area contributed by atoms with E-state index in [0.717, 1.165) is 38.8 Å². The molecule has 88 valence electrons. The van der Waals surface area contributed by atoms with Crippen molar-refractivity contribution in [3.63, 3.8) is 0 Å². The summed E-state index contributed by atoms with van der Waals surface area (Å²) in [6, 6.07) is -0.132. The number of nitrogens with one attached hydrogen (secondary N) is 1. The molecule has 4 N–H and O–H groups in total. The standard InChI is InChI=1S/C10H21N3O2/c1-2-3-9(10(15)12-11)13-6-4-8(14)5-7-13/h8-9,14H,2-7,11H2,1H3,(H,12,15). The number of carbonyl (C=O) groups is 1. The first-order chi connectivity index (χ1) is 7.19. The molecule has 1 rings (SSSR count). The van der Waals surface area contributed by atoms with Crippen LogP contribution in [0.4, 0.5) is 0 Å². The number of hydrazine groups is 1. The lowest BCUT2D eigenvalue weighted by atomic mass is 10.0. The first-order valence-electron chi connectivity index (χ1n) is 5.61. The van der Waals surface area contributed by atoms with Gasteiger partial charge >= 0.3 is 0 Å². The highest BCUT2D eigenvalue weighted by atomic mass is 16.3. The van der Waals surface area contributed by atoms with Gasteiger partial charge in [-0.3, -0.25) is 15.1 Å². The summed E-state index contributed by atoms with van der Waals surface area (Å²) < 4.78 is 0. The Kier molecular flexibility index (Phi) is 5.01. The number of hydrogen-bond donors (Lipinski definition) is 3. The van der Waals surface area contributed by atoms with E-state index in [9.17, 15) is 9.90 Å². The molecule has 0 aromatic heterocycles. The second-order valence-corrected chi connectivity index (χ2v) is 4.08. The number of piperidine rings is 1. The van der Waals surface area contributed by atoms with E-state index in [1.165, 1.54) is 0 Å². The van der Waals surface area contributed by atoms with Gasteiger partial charge < -0.3 is 5.11 Å². The first-order valence-corrected chi connectivity index (χ1v) is 5.61. The van der Waals surface area contributed by atoms with Crippen LogP contribution in [0.1, 0.15) is 32.6 Å². The fourth-order valence-electron chi connectivity index (χ4n) is 2.05. The number of nitrogens with zero attached hydrogens (tertiary/aromatic N) is 1. The Morgan fingerprint density at radius 3 is 2.67 bits per heavy atom. The highest BCUT2D eigenvalue weighted by Crippen LogP contribution is 2.15. The summed E-state index contributed by atoms with van der Waals surface area (Å²) in [6.45, 7) is 3.61. The van der Waals surface area contributed by atoms with Gasteiger partial charge in [-0.2, -0.15) is 0 Å². The Hall–Kier alpha value is -0.650. The van der Waals surface area contributed by atoms with Crippen LogP contribution in [-0.4, -0.2) is 41.1 Å². The maximum atomic E-state index is 11.5. The first kappa shape index (κ1) is 12.4. The lowest BCUT2D eigenvalue weighted by molar-refractivity contribution is -0.127. The molecule has 1 fully saturated rings. The highest BCUT2D eigenvalue weighted by Gasteiger charge is 2.27. The minimum Gasteiger partial charge on any atom is -0.393 e. The zero-order chi connectivity index (χ0) is 11.3. The molecule has 0 aromatic carbocycles. The molecule has 15 heavy (non-hydrogen) atoms. The van der Waals surface area contributed by atoms with Gasteiger partial charge in [0.1, 0.15) is 0 Å². The minimum atomic E-state index is -0.204. The van der Waals surface area contributed by atoms with E-state index < -0.39 is 0 Å². The number of rotatable bonds is 4. The van der Waals surface area contributed by atoms with Crippen molar-refractivity contribution in [1.29, 1.82) is 0 Å². The van der Waals surface area contributed by atoms with Crippen molar-refractivity contribution in [2.24, 2.45) is 5.84 Å². The largest absolute Gasteiger partial charge is 0.393 e. The van der Waals surface area contributed by atoms with Crippen molar-refractivity contribution in [2.45, 2.75) is 44.8 Å². The molecule has 1 aliphatic rings. The molecular formula is C10H21N3O2. The fourth-order valence-corrected chi connectivity index (χ4v) is 2.05. The highest BCUT2D eigenvalue weighted by molar-refractivity contribution is 5.81. The molecule has 1 heterocycles. The topological polar surface area (TPSA) is 78.6 Å². The van der Waals surface area contributed by atoms with Gasteiger partial charge in [0.25, 0.3) is 5.91 Å². The second-order valence-electron chi connectivity index (χ2n) is 4.08. The van der Waals surface area contributed by atoms with Gasteiger partial charge in [-0.05, 0) is 19.3 Å². The van der Waals surface area contributed by atoms with E-state index in [1.54, 1.807) is 0 Å². The minimum absolute atomic E-state index is 0.117. The van der Waals surface area contributed by atoms with Gasteiger partial charge in [-0.1, -0.05) is 13.3 Å². The van der Waals surface area contributed by atoms with E-state index >= 15 is 0 Å². The third-order valence-electron chi connectivity index (χ3n) is 2.95. The van der Waals surface area contributed by atoms with Crippen LogP contribution in [0.2, 0.25) is 0 Å². The summed E-state index contributed by atoms with van der Waals surface area (Å²) in [7, 11) is 0. The van der Waals surface area contributed by atoms with E-state index in [4.69, 9.17) is 5.84 Å². The van der Waals surface area contributed by atoms with Crippen molar-refractivity contribution in [1.82, 2.24) is 10.3 Å². The van der Waals surface area contributed by atoms with Crippen molar-refractivity contribution < 1.29 is 9.90 Å². The molecule has 5 nitrogen and oxygen atoms in total. The molecule has 0 radical (unpaired) electrons. The lowest BCUT2D eigenvalue weighted by Crippen LogP contribution is -2.52. The monoisotopic (exact) mass is 215 g/mol. The molecule has 1 amide bonds. The third-order valence-corrected chi connectivity index (χ3v) is 2.95. The quantitative estimate of drug-likeness (QED) is 0.339. The summed E-state index contributed by atoms with van der Waals surface area (Å²) in [4.78, 5) is 13.7. The summed E-state index contributed by atoms with van der Waals surface area (Å²) >= 11 is 0. The molecule has 0 aromatic rings. The molecule has 1 unspecified atom stereocenters. The number of hydrogen-bond acceptors (Lipinski definition) is 4. The van der Waals surface area contributed by atoms with Crippen LogP contribution in [0.5, 0.6) is 0 Å². The van der Waals surface area contributed by atoms with Gasteiger partial charge in [0.05, 0.1) is 12.1 Å². The summed E-state index contributed by atoms with van der Waals surface area (Å²) in [5.41, 5.74) is 2.22. The van der Waals surface area contributed by atoms with Crippen LogP contribution in [0, 0.1) is 0 Å². The predicted molar refractivity (Wildman–Crippen MR) is 57.8 cm³/mol. The average molecular weight is 215 g/mol. The van der Waals surface area contributed by atoms with Crippen molar-refractivity contribution in [2.75, 3.05) is 13.1 Å². The number of nitrogens with two attached hydrogens (primary N) is 1. The van der Waals surface area contributed by atoms with Crippen molar-refractivity contribution in [3.8, 4) is 0 Å². The maximum absolute atomic E-state index is 11.5. The SMILES string of the molecule is CCCC(C(=O)NN)N1CCC(O)CC1. The number of amides is 1. The lowest BCUT2D eigenvalue weighted by Gasteiger charge is -2.34. The van der Waals surface area contributed by atoms with Crippen LogP contribution in [0.3, 0.4) is 0 Å². The second kappa shape index (κ2) is 6.05. The normalized spacial score (nSPS) is 21.3. The Bertz CT molecular complexity index is 203. The van der Waals surface area contributed by atoms with E-state index in [1.807, 2.05) is 0 Å². The molecule has 1 aliphatic heterocycles. The van der Waals surface area contributed by atoms with Crippen LogP contribution >= 0.6 is 0 Å². The Morgan fingerprint density at radius 2 is 2.20 bits per heavy atom. The molecule has 1 atom stereocenters. The average Bonchev–Trinajstić information content (AvgIpc) is 2.26. The van der Waals surface area contributed by atoms with Crippen LogP contribution in [0.25, 0.3) is 0 Å². The number of aliphatic hydroxyl groups is 1. The van der Waals surface area contributed by atoms with Crippen LogP contribution < -0.4 is 11.3 Å². The Morgan fingerprint density at radius 1 is 1.60 bits per heavy atom. The third kappa shape index (κ3) is 3.44. The Balaban J connectivity index is 2.51.